The van der Waals surface area contributed by atoms with Gasteiger partial charge in [0.25, 0.3) is 5.91 Å². The summed E-state index contributed by atoms with van der Waals surface area (Å²) in [6.45, 7) is 0.338. The van der Waals surface area contributed by atoms with Crippen molar-refractivity contribution in [1.82, 2.24) is 5.43 Å². The van der Waals surface area contributed by atoms with Gasteiger partial charge in [-0.25, -0.2) is 5.43 Å². The van der Waals surface area contributed by atoms with Crippen molar-refractivity contribution in [3.8, 4) is 11.5 Å². The number of halogens is 1. The molecule has 3 aromatic carbocycles. The highest BCUT2D eigenvalue weighted by Gasteiger charge is 2.03. The highest BCUT2D eigenvalue weighted by atomic mass is 79.9. The van der Waals surface area contributed by atoms with Gasteiger partial charge in [0.05, 0.1) is 6.21 Å². The SMILES string of the molecule is O=C(COc1ccc(Br)cc1)N/N=C/c1ccccc1OCc1ccccc1. The molecule has 142 valence electrons. The number of benzene rings is 3. The van der Waals surface area contributed by atoms with Gasteiger partial charge in [-0.2, -0.15) is 5.10 Å². The fourth-order valence-electron chi connectivity index (χ4n) is 2.34. The summed E-state index contributed by atoms with van der Waals surface area (Å²) < 4.78 is 12.2. The Bertz CT molecular complexity index is 928. The zero-order valence-corrected chi connectivity index (χ0v) is 16.6. The molecule has 0 spiro atoms. The molecule has 0 aromatic heterocycles. The Hall–Kier alpha value is -3.12. The summed E-state index contributed by atoms with van der Waals surface area (Å²) >= 11 is 3.35. The van der Waals surface area contributed by atoms with Gasteiger partial charge < -0.3 is 9.47 Å². The normalized spacial score (nSPS) is 10.6. The largest absolute Gasteiger partial charge is 0.488 e. The van der Waals surface area contributed by atoms with Crippen LogP contribution in [0.2, 0.25) is 0 Å². The molecule has 5 nitrogen and oxygen atoms in total. The van der Waals surface area contributed by atoms with Crippen LogP contribution in [0.5, 0.6) is 11.5 Å². The van der Waals surface area contributed by atoms with Crippen molar-refractivity contribution in [3.63, 3.8) is 0 Å². The first kappa shape index (κ1) is 19.6. The summed E-state index contributed by atoms with van der Waals surface area (Å²) in [6, 6.07) is 24.7. The lowest BCUT2D eigenvalue weighted by molar-refractivity contribution is -0.123. The van der Waals surface area contributed by atoms with Gasteiger partial charge in [0.1, 0.15) is 18.1 Å². The number of nitrogens with zero attached hydrogens (tertiary/aromatic N) is 1. The molecule has 3 aromatic rings. The Kier molecular flexibility index (Phi) is 7.21. The molecule has 0 unspecified atom stereocenters. The average Bonchev–Trinajstić information content (AvgIpc) is 2.73. The Labute approximate surface area is 172 Å². The quantitative estimate of drug-likeness (QED) is 0.414. The van der Waals surface area contributed by atoms with Gasteiger partial charge >= 0.3 is 0 Å². The van der Waals surface area contributed by atoms with Crippen molar-refractivity contribution in [2.75, 3.05) is 6.61 Å². The molecular formula is C22H19BrN2O3. The van der Waals surface area contributed by atoms with Crippen LogP contribution in [0, 0.1) is 0 Å². The first-order valence-corrected chi connectivity index (χ1v) is 9.46. The number of carbonyl (C=O) groups excluding carboxylic acids is 1. The third-order valence-electron chi connectivity index (χ3n) is 3.73. The van der Waals surface area contributed by atoms with E-state index in [0.29, 0.717) is 18.1 Å². The Balaban J connectivity index is 1.50. The first-order valence-electron chi connectivity index (χ1n) is 8.67. The van der Waals surface area contributed by atoms with Gasteiger partial charge in [-0.15, -0.1) is 0 Å². The molecule has 0 saturated heterocycles. The summed E-state index contributed by atoms with van der Waals surface area (Å²) in [5.74, 6) is 0.958. The van der Waals surface area contributed by atoms with Crippen LogP contribution in [0.1, 0.15) is 11.1 Å². The molecular weight excluding hydrogens is 420 g/mol. The predicted octanol–water partition coefficient (Wildman–Crippen LogP) is 4.56. The second-order valence-corrected chi connectivity index (χ2v) is 6.76. The van der Waals surface area contributed by atoms with Crippen LogP contribution in [0.3, 0.4) is 0 Å². The molecule has 0 aliphatic rings. The van der Waals surface area contributed by atoms with Crippen molar-refractivity contribution >= 4 is 28.1 Å². The molecule has 28 heavy (non-hydrogen) atoms. The zero-order valence-electron chi connectivity index (χ0n) is 15.0. The molecule has 0 saturated carbocycles. The molecule has 0 aliphatic carbocycles. The minimum atomic E-state index is -0.346. The number of hydrogen-bond donors (Lipinski definition) is 1. The standard InChI is InChI=1S/C22H19BrN2O3/c23-19-10-12-20(13-11-19)27-16-22(26)25-24-14-18-8-4-5-9-21(18)28-15-17-6-2-1-3-7-17/h1-14H,15-16H2,(H,25,26)/b24-14+. The molecule has 3 rings (SSSR count). The summed E-state index contributed by atoms with van der Waals surface area (Å²) in [7, 11) is 0. The summed E-state index contributed by atoms with van der Waals surface area (Å²) in [4.78, 5) is 11.9. The highest BCUT2D eigenvalue weighted by Crippen LogP contribution is 2.18. The molecule has 0 fully saturated rings. The van der Waals surface area contributed by atoms with Crippen LogP contribution >= 0.6 is 15.9 Å². The molecule has 0 radical (unpaired) electrons. The number of para-hydroxylation sites is 1. The lowest BCUT2D eigenvalue weighted by Gasteiger charge is -2.09. The van der Waals surface area contributed by atoms with Gasteiger partial charge in [-0.1, -0.05) is 58.4 Å². The van der Waals surface area contributed by atoms with E-state index in [2.05, 4.69) is 26.5 Å². The number of hydrazone groups is 1. The third kappa shape index (κ3) is 6.25. The third-order valence-corrected chi connectivity index (χ3v) is 4.26. The monoisotopic (exact) mass is 438 g/mol. The van der Waals surface area contributed by atoms with Crippen molar-refractivity contribution < 1.29 is 14.3 Å². The lowest BCUT2D eigenvalue weighted by Crippen LogP contribution is -2.24. The summed E-state index contributed by atoms with van der Waals surface area (Å²) in [5, 5.41) is 3.99. The summed E-state index contributed by atoms with van der Waals surface area (Å²) in [5.41, 5.74) is 4.30. The Morgan fingerprint density at radius 3 is 2.43 bits per heavy atom. The van der Waals surface area contributed by atoms with Crippen molar-refractivity contribution in [3.05, 3.63) is 94.5 Å². The maximum Gasteiger partial charge on any atom is 0.277 e. The predicted molar refractivity (Wildman–Crippen MR) is 113 cm³/mol. The van der Waals surface area contributed by atoms with Crippen LogP contribution in [0.4, 0.5) is 0 Å². The average molecular weight is 439 g/mol. The van der Waals surface area contributed by atoms with E-state index in [4.69, 9.17) is 9.47 Å². The fraction of sp³-hybridized carbons (Fsp3) is 0.0909. The Morgan fingerprint density at radius 2 is 1.64 bits per heavy atom. The van der Waals surface area contributed by atoms with Gasteiger partial charge in [0, 0.05) is 10.0 Å². The van der Waals surface area contributed by atoms with Crippen LogP contribution < -0.4 is 14.9 Å². The van der Waals surface area contributed by atoms with E-state index in [-0.39, 0.29) is 12.5 Å². The van der Waals surface area contributed by atoms with E-state index in [1.54, 1.807) is 18.3 Å². The van der Waals surface area contributed by atoms with E-state index in [1.165, 1.54) is 0 Å². The molecule has 6 heteroatoms. The number of carbonyl (C=O) groups is 1. The zero-order chi connectivity index (χ0) is 19.6. The fourth-order valence-corrected chi connectivity index (χ4v) is 2.60. The van der Waals surface area contributed by atoms with Crippen molar-refractivity contribution in [2.24, 2.45) is 5.10 Å². The lowest BCUT2D eigenvalue weighted by atomic mass is 10.2. The minimum Gasteiger partial charge on any atom is -0.488 e. The molecule has 0 aliphatic heterocycles. The van der Waals surface area contributed by atoms with Gasteiger partial charge in [0.15, 0.2) is 6.61 Å². The van der Waals surface area contributed by atoms with Crippen LogP contribution in [0.25, 0.3) is 0 Å². The molecule has 1 N–H and O–H groups in total. The molecule has 0 bridgehead atoms. The van der Waals surface area contributed by atoms with Gasteiger partial charge in [0.2, 0.25) is 0 Å². The topological polar surface area (TPSA) is 59.9 Å². The minimum absolute atomic E-state index is 0.120. The van der Waals surface area contributed by atoms with Crippen LogP contribution in [0.15, 0.2) is 88.4 Å². The van der Waals surface area contributed by atoms with E-state index >= 15 is 0 Å². The van der Waals surface area contributed by atoms with E-state index in [9.17, 15) is 4.79 Å². The molecule has 0 atom stereocenters. The van der Waals surface area contributed by atoms with Gasteiger partial charge in [-0.3, -0.25) is 4.79 Å². The van der Waals surface area contributed by atoms with E-state index < -0.39 is 0 Å². The number of rotatable bonds is 8. The molecule has 1 amide bonds. The number of nitrogens with one attached hydrogen (secondary N) is 1. The van der Waals surface area contributed by atoms with E-state index in [0.717, 1.165) is 15.6 Å². The smallest absolute Gasteiger partial charge is 0.277 e. The van der Waals surface area contributed by atoms with Crippen molar-refractivity contribution in [1.29, 1.82) is 0 Å². The van der Waals surface area contributed by atoms with Crippen LogP contribution in [-0.4, -0.2) is 18.7 Å². The number of ether oxygens (including phenoxy) is 2. The summed E-state index contributed by atoms with van der Waals surface area (Å²) in [6.07, 6.45) is 1.55. The molecule has 0 heterocycles. The number of amides is 1. The van der Waals surface area contributed by atoms with Gasteiger partial charge in [-0.05, 0) is 42.0 Å². The second-order valence-electron chi connectivity index (χ2n) is 5.85. The highest BCUT2D eigenvalue weighted by molar-refractivity contribution is 9.10. The maximum absolute atomic E-state index is 11.9. The van der Waals surface area contributed by atoms with E-state index in [1.807, 2.05) is 66.7 Å². The first-order chi connectivity index (χ1) is 13.7. The maximum atomic E-state index is 11.9. The van der Waals surface area contributed by atoms with Crippen molar-refractivity contribution in [2.45, 2.75) is 6.61 Å². The number of hydrogen-bond acceptors (Lipinski definition) is 4. The second kappa shape index (κ2) is 10.3. The van der Waals surface area contributed by atoms with Crippen LogP contribution in [-0.2, 0) is 11.4 Å². The Morgan fingerprint density at radius 1 is 0.929 bits per heavy atom.